The van der Waals surface area contributed by atoms with Crippen LogP contribution in [0.1, 0.15) is 11.1 Å². The molecule has 0 spiro atoms. The first-order chi connectivity index (χ1) is 8.90. The lowest BCUT2D eigenvalue weighted by Gasteiger charge is -2.08. The minimum absolute atomic E-state index is 0.133. The molecule has 0 atom stereocenters. The van der Waals surface area contributed by atoms with Crippen molar-refractivity contribution in [2.24, 2.45) is 0 Å². The largest absolute Gasteiger partial charge is 0.466 e. The Morgan fingerprint density at radius 1 is 0.944 bits per heavy atom. The molecule has 0 fully saturated rings. The predicted octanol–water partition coefficient (Wildman–Crippen LogP) is 3.11. The first kappa shape index (κ1) is 12.2. The summed E-state index contributed by atoms with van der Waals surface area (Å²) < 4.78 is 10.8. The average molecular weight is 239 g/mol. The number of hydrogen-bond acceptors (Lipinski definition) is 3. The molecule has 90 valence electrons. The predicted molar refractivity (Wildman–Crippen MR) is 67.9 cm³/mol. The van der Waals surface area contributed by atoms with Crippen molar-refractivity contribution in [1.82, 2.24) is 0 Å². The van der Waals surface area contributed by atoms with Gasteiger partial charge in [0.1, 0.15) is 11.8 Å². The highest BCUT2D eigenvalue weighted by Crippen LogP contribution is 2.16. The molecule has 0 saturated carbocycles. The van der Waals surface area contributed by atoms with Gasteiger partial charge in [-0.05, 0) is 17.7 Å². The molecule has 2 aromatic rings. The van der Waals surface area contributed by atoms with E-state index < -0.39 is 0 Å². The molecule has 2 rings (SSSR count). The second-order valence-electron chi connectivity index (χ2n) is 3.70. The van der Waals surface area contributed by atoms with Gasteiger partial charge < -0.3 is 9.47 Å². The Morgan fingerprint density at radius 2 is 1.67 bits per heavy atom. The van der Waals surface area contributed by atoms with Gasteiger partial charge in [-0.15, -0.1) is 0 Å². The first-order valence-corrected chi connectivity index (χ1v) is 5.64. The topological polar surface area (TPSA) is 42.2 Å². The molecule has 0 bridgehead atoms. The van der Waals surface area contributed by atoms with Gasteiger partial charge in [0.15, 0.2) is 6.79 Å². The molecule has 3 nitrogen and oxygen atoms in total. The molecule has 3 heteroatoms. The highest BCUT2D eigenvalue weighted by Gasteiger charge is 2.00. The van der Waals surface area contributed by atoms with Gasteiger partial charge in [0.2, 0.25) is 0 Å². The molecule has 0 aliphatic rings. The molecule has 0 amide bonds. The van der Waals surface area contributed by atoms with Crippen LogP contribution in [0.3, 0.4) is 0 Å². The number of ether oxygens (including phenoxy) is 2. The first-order valence-electron chi connectivity index (χ1n) is 5.64. The van der Waals surface area contributed by atoms with E-state index in [9.17, 15) is 0 Å². The third-order valence-corrected chi connectivity index (χ3v) is 2.42. The minimum Gasteiger partial charge on any atom is -0.466 e. The SMILES string of the molecule is N#Cc1ccccc1OCOCc1ccccc1. The van der Waals surface area contributed by atoms with E-state index >= 15 is 0 Å². The second-order valence-corrected chi connectivity index (χ2v) is 3.70. The van der Waals surface area contributed by atoms with Crippen LogP contribution >= 0.6 is 0 Å². The summed E-state index contributed by atoms with van der Waals surface area (Å²) in [5, 5.41) is 8.88. The summed E-state index contributed by atoms with van der Waals surface area (Å²) in [7, 11) is 0. The maximum Gasteiger partial charge on any atom is 0.189 e. The van der Waals surface area contributed by atoms with Crippen LogP contribution in [0, 0.1) is 11.3 Å². The summed E-state index contributed by atoms with van der Waals surface area (Å²) in [5.41, 5.74) is 1.61. The molecule has 0 unspecified atom stereocenters. The fourth-order valence-corrected chi connectivity index (χ4v) is 1.52. The summed E-state index contributed by atoms with van der Waals surface area (Å²) in [6.07, 6.45) is 0. The van der Waals surface area contributed by atoms with Crippen LogP contribution in [-0.4, -0.2) is 6.79 Å². The fraction of sp³-hybridized carbons (Fsp3) is 0.133. The normalized spacial score (nSPS) is 9.72. The van der Waals surface area contributed by atoms with Gasteiger partial charge >= 0.3 is 0 Å². The van der Waals surface area contributed by atoms with E-state index in [4.69, 9.17) is 14.7 Å². The molecule has 18 heavy (non-hydrogen) atoms. The van der Waals surface area contributed by atoms with E-state index in [2.05, 4.69) is 6.07 Å². The molecular formula is C15H13NO2. The summed E-state index contributed by atoms with van der Waals surface area (Å²) >= 11 is 0. The third kappa shape index (κ3) is 3.34. The lowest BCUT2D eigenvalue weighted by atomic mass is 10.2. The zero-order valence-electron chi connectivity index (χ0n) is 9.87. The number of nitriles is 1. The molecule has 0 N–H and O–H groups in total. The van der Waals surface area contributed by atoms with Crippen molar-refractivity contribution in [1.29, 1.82) is 5.26 Å². The van der Waals surface area contributed by atoms with Gasteiger partial charge in [-0.25, -0.2) is 0 Å². The number of hydrogen-bond donors (Lipinski definition) is 0. The molecule has 0 radical (unpaired) electrons. The Kier molecular flexibility index (Phi) is 4.34. The van der Waals surface area contributed by atoms with Crippen molar-refractivity contribution in [3.05, 3.63) is 65.7 Å². The maximum atomic E-state index is 8.88. The van der Waals surface area contributed by atoms with Crippen molar-refractivity contribution < 1.29 is 9.47 Å². The zero-order valence-corrected chi connectivity index (χ0v) is 9.87. The van der Waals surface area contributed by atoms with E-state index in [1.165, 1.54) is 0 Å². The lowest BCUT2D eigenvalue weighted by Crippen LogP contribution is -2.03. The number of para-hydroxylation sites is 1. The fourth-order valence-electron chi connectivity index (χ4n) is 1.52. The molecule has 0 aliphatic heterocycles. The van der Waals surface area contributed by atoms with E-state index in [1.807, 2.05) is 36.4 Å². The second kappa shape index (κ2) is 6.43. The van der Waals surface area contributed by atoms with E-state index in [0.717, 1.165) is 5.56 Å². The third-order valence-electron chi connectivity index (χ3n) is 2.42. The lowest BCUT2D eigenvalue weighted by molar-refractivity contribution is 0.00489. The van der Waals surface area contributed by atoms with Gasteiger partial charge in [0, 0.05) is 0 Å². The van der Waals surface area contributed by atoms with Gasteiger partial charge in [-0.1, -0.05) is 42.5 Å². The van der Waals surface area contributed by atoms with Gasteiger partial charge in [-0.3, -0.25) is 0 Å². The summed E-state index contributed by atoms with van der Waals surface area (Å²) in [6, 6.07) is 19.0. The quantitative estimate of drug-likeness (QED) is 0.594. The van der Waals surface area contributed by atoms with Crippen LogP contribution < -0.4 is 4.74 Å². The Morgan fingerprint density at radius 3 is 2.44 bits per heavy atom. The molecular weight excluding hydrogens is 226 g/mol. The van der Waals surface area contributed by atoms with Gasteiger partial charge in [0.25, 0.3) is 0 Å². The average Bonchev–Trinajstić information content (AvgIpc) is 2.45. The summed E-state index contributed by atoms with van der Waals surface area (Å²) in [4.78, 5) is 0. The van der Waals surface area contributed by atoms with E-state index in [-0.39, 0.29) is 6.79 Å². The molecule has 0 aliphatic carbocycles. The maximum absolute atomic E-state index is 8.88. The van der Waals surface area contributed by atoms with Crippen molar-refractivity contribution in [2.45, 2.75) is 6.61 Å². The Hall–Kier alpha value is -2.31. The van der Waals surface area contributed by atoms with Crippen LogP contribution in [0.15, 0.2) is 54.6 Å². The van der Waals surface area contributed by atoms with Crippen LogP contribution in [0.2, 0.25) is 0 Å². The van der Waals surface area contributed by atoms with E-state index in [1.54, 1.807) is 18.2 Å². The van der Waals surface area contributed by atoms with Crippen molar-refractivity contribution >= 4 is 0 Å². The van der Waals surface area contributed by atoms with Gasteiger partial charge in [-0.2, -0.15) is 5.26 Å². The summed E-state index contributed by atoms with van der Waals surface area (Å²) in [6.45, 7) is 0.628. The monoisotopic (exact) mass is 239 g/mol. The van der Waals surface area contributed by atoms with Gasteiger partial charge in [0.05, 0.1) is 12.2 Å². The molecule has 0 saturated heterocycles. The Balaban J connectivity index is 1.81. The van der Waals surface area contributed by atoms with Crippen molar-refractivity contribution in [3.8, 4) is 11.8 Å². The smallest absolute Gasteiger partial charge is 0.189 e. The molecule has 0 aromatic heterocycles. The van der Waals surface area contributed by atoms with Crippen LogP contribution in [0.25, 0.3) is 0 Å². The highest BCUT2D eigenvalue weighted by molar-refractivity contribution is 5.42. The zero-order chi connectivity index (χ0) is 12.6. The Bertz CT molecular complexity index is 532. The number of nitrogens with zero attached hydrogens (tertiary/aromatic N) is 1. The summed E-state index contributed by atoms with van der Waals surface area (Å²) in [5.74, 6) is 0.549. The number of benzene rings is 2. The Labute approximate surface area is 106 Å². The molecule has 2 aromatic carbocycles. The van der Waals surface area contributed by atoms with Crippen LogP contribution in [0.5, 0.6) is 5.75 Å². The van der Waals surface area contributed by atoms with Crippen molar-refractivity contribution in [2.75, 3.05) is 6.79 Å². The highest BCUT2D eigenvalue weighted by atomic mass is 16.7. The molecule has 0 heterocycles. The van der Waals surface area contributed by atoms with Crippen LogP contribution in [0.4, 0.5) is 0 Å². The minimum atomic E-state index is 0.133. The van der Waals surface area contributed by atoms with Crippen LogP contribution in [-0.2, 0) is 11.3 Å². The standard InChI is InChI=1S/C15H13NO2/c16-10-14-8-4-5-9-15(14)18-12-17-11-13-6-2-1-3-7-13/h1-9H,11-12H2. The van der Waals surface area contributed by atoms with E-state index in [0.29, 0.717) is 17.9 Å². The number of rotatable bonds is 5. The van der Waals surface area contributed by atoms with Crippen molar-refractivity contribution in [3.63, 3.8) is 0 Å².